The number of anilines is 1. The first-order chi connectivity index (χ1) is 9.16. The molecule has 1 fully saturated rings. The number of aliphatic hydroxyl groups is 1. The van der Waals surface area contributed by atoms with Crippen LogP contribution in [0.15, 0.2) is 24.7 Å². The fraction of sp³-hybridized carbons (Fsp3) is 0.571. The molecule has 1 aliphatic carbocycles. The Morgan fingerprint density at radius 3 is 3.00 bits per heavy atom. The summed E-state index contributed by atoms with van der Waals surface area (Å²) in [6.07, 6.45) is 9.21. The maximum Gasteiger partial charge on any atom is 0.152 e. The minimum absolute atomic E-state index is 0.553. The maximum absolute atomic E-state index is 10.6. The van der Waals surface area contributed by atoms with Gasteiger partial charge in [-0.2, -0.15) is 5.10 Å². The van der Waals surface area contributed by atoms with E-state index in [9.17, 15) is 5.11 Å². The summed E-state index contributed by atoms with van der Waals surface area (Å²) >= 11 is 0. The van der Waals surface area contributed by atoms with Gasteiger partial charge in [-0.05, 0) is 37.7 Å². The summed E-state index contributed by atoms with van der Waals surface area (Å²) in [7, 11) is 0. The van der Waals surface area contributed by atoms with Crippen LogP contribution in [0.5, 0.6) is 0 Å². The molecule has 0 radical (unpaired) electrons. The molecular formula is C14H20N4O. The normalized spacial score (nSPS) is 27.6. The Balaban J connectivity index is 1.70. The fourth-order valence-corrected chi connectivity index (χ4v) is 2.72. The van der Waals surface area contributed by atoms with Crippen molar-refractivity contribution in [2.75, 3.05) is 11.9 Å². The van der Waals surface area contributed by atoms with E-state index in [2.05, 4.69) is 22.3 Å². The zero-order chi connectivity index (χ0) is 13.3. The van der Waals surface area contributed by atoms with Gasteiger partial charge in [-0.25, -0.2) is 9.50 Å². The highest BCUT2D eigenvalue weighted by Crippen LogP contribution is 2.32. The third-order valence-electron chi connectivity index (χ3n) is 4.11. The van der Waals surface area contributed by atoms with Gasteiger partial charge in [0.05, 0.1) is 11.8 Å². The minimum Gasteiger partial charge on any atom is -0.388 e. The summed E-state index contributed by atoms with van der Waals surface area (Å²) < 4.78 is 1.78. The molecule has 2 heterocycles. The van der Waals surface area contributed by atoms with Crippen LogP contribution in [-0.2, 0) is 0 Å². The second-order valence-corrected chi connectivity index (χ2v) is 5.70. The van der Waals surface area contributed by atoms with Gasteiger partial charge in [0.1, 0.15) is 5.52 Å². The van der Waals surface area contributed by atoms with E-state index in [-0.39, 0.29) is 0 Å². The molecule has 19 heavy (non-hydrogen) atoms. The molecule has 5 nitrogen and oxygen atoms in total. The maximum atomic E-state index is 10.6. The SMILES string of the molecule is CC1CCC(O)(CNc2nccn3nccc23)CC1. The smallest absolute Gasteiger partial charge is 0.152 e. The Morgan fingerprint density at radius 1 is 1.42 bits per heavy atom. The number of fused-ring (bicyclic) bond motifs is 1. The lowest BCUT2D eigenvalue weighted by molar-refractivity contribution is 0.00497. The Bertz CT molecular complexity index is 557. The second-order valence-electron chi connectivity index (χ2n) is 5.70. The van der Waals surface area contributed by atoms with Gasteiger partial charge in [-0.1, -0.05) is 6.92 Å². The standard InChI is InChI=1S/C14H20N4O/c1-11-2-5-14(19,6-3-11)10-16-13-12-4-7-17-18(12)9-8-15-13/h4,7-9,11,19H,2-3,5-6,10H2,1H3,(H,15,16). The van der Waals surface area contributed by atoms with E-state index in [0.717, 1.165) is 42.9 Å². The van der Waals surface area contributed by atoms with E-state index in [1.165, 1.54) is 0 Å². The molecular weight excluding hydrogens is 240 g/mol. The fourth-order valence-electron chi connectivity index (χ4n) is 2.72. The summed E-state index contributed by atoms with van der Waals surface area (Å²) in [5, 5.41) is 18.0. The second kappa shape index (κ2) is 4.81. The van der Waals surface area contributed by atoms with Crippen LogP contribution in [0.2, 0.25) is 0 Å². The third-order valence-corrected chi connectivity index (χ3v) is 4.11. The van der Waals surface area contributed by atoms with Gasteiger partial charge in [-0.15, -0.1) is 0 Å². The molecule has 0 bridgehead atoms. The van der Waals surface area contributed by atoms with E-state index in [4.69, 9.17) is 0 Å². The Labute approximate surface area is 112 Å². The number of nitrogens with zero attached hydrogens (tertiary/aromatic N) is 3. The number of hydrogen-bond donors (Lipinski definition) is 2. The summed E-state index contributed by atoms with van der Waals surface area (Å²) in [6.45, 7) is 2.80. The molecule has 2 aromatic heterocycles. The van der Waals surface area contributed by atoms with E-state index in [1.54, 1.807) is 16.9 Å². The monoisotopic (exact) mass is 260 g/mol. The largest absolute Gasteiger partial charge is 0.388 e. The van der Waals surface area contributed by atoms with Crippen LogP contribution in [-0.4, -0.2) is 31.9 Å². The number of rotatable bonds is 3. The van der Waals surface area contributed by atoms with E-state index in [0.29, 0.717) is 6.54 Å². The van der Waals surface area contributed by atoms with E-state index < -0.39 is 5.60 Å². The van der Waals surface area contributed by atoms with Gasteiger partial charge >= 0.3 is 0 Å². The molecule has 0 aliphatic heterocycles. The summed E-state index contributed by atoms with van der Waals surface area (Å²) in [5.74, 6) is 1.52. The summed E-state index contributed by atoms with van der Waals surface area (Å²) in [6, 6.07) is 1.92. The average Bonchev–Trinajstić information content (AvgIpc) is 2.89. The average molecular weight is 260 g/mol. The zero-order valence-electron chi connectivity index (χ0n) is 11.2. The predicted molar refractivity (Wildman–Crippen MR) is 74.1 cm³/mol. The van der Waals surface area contributed by atoms with Crippen molar-refractivity contribution in [3.05, 3.63) is 24.7 Å². The van der Waals surface area contributed by atoms with Crippen molar-refractivity contribution in [3.63, 3.8) is 0 Å². The van der Waals surface area contributed by atoms with Gasteiger partial charge in [0.15, 0.2) is 5.82 Å². The number of hydrogen-bond acceptors (Lipinski definition) is 4. The third kappa shape index (κ3) is 2.56. The topological polar surface area (TPSA) is 62.5 Å². The Morgan fingerprint density at radius 2 is 2.21 bits per heavy atom. The van der Waals surface area contributed by atoms with Gasteiger partial charge in [0.25, 0.3) is 0 Å². The molecule has 0 unspecified atom stereocenters. The highest BCUT2D eigenvalue weighted by Gasteiger charge is 2.31. The molecule has 3 rings (SSSR count). The molecule has 0 atom stereocenters. The highest BCUT2D eigenvalue weighted by molar-refractivity contribution is 5.66. The van der Waals surface area contributed by atoms with Crippen LogP contribution in [0.4, 0.5) is 5.82 Å². The zero-order valence-corrected chi connectivity index (χ0v) is 11.2. The predicted octanol–water partition coefficient (Wildman–Crippen LogP) is 2.08. The summed E-state index contributed by atoms with van der Waals surface area (Å²) in [4.78, 5) is 4.33. The van der Waals surface area contributed by atoms with Crippen molar-refractivity contribution in [2.45, 2.75) is 38.2 Å². The van der Waals surface area contributed by atoms with Gasteiger partial charge < -0.3 is 10.4 Å². The van der Waals surface area contributed by atoms with E-state index >= 15 is 0 Å². The van der Waals surface area contributed by atoms with Crippen LogP contribution in [0.25, 0.3) is 5.52 Å². The van der Waals surface area contributed by atoms with Crippen molar-refractivity contribution in [1.29, 1.82) is 0 Å². The molecule has 5 heteroatoms. The first-order valence-electron chi connectivity index (χ1n) is 6.91. The quantitative estimate of drug-likeness (QED) is 0.887. The van der Waals surface area contributed by atoms with Crippen LogP contribution in [0.1, 0.15) is 32.6 Å². The lowest BCUT2D eigenvalue weighted by Gasteiger charge is -2.35. The summed E-state index contributed by atoms with van der Waals surface area (Å²) in [5.41, 5.74) is 0.344. The lowest BCUT2D eigenvalue weighted by atomic mass is 9.79. The van der Waals surface area contributed by atoms with Crippen LogP contribution in [0.3, 0.4) is 0 Å². The highest BCUT2D eigenvalue weighted by atomic mass is 16.3. The molecule has 0 aromatic carbocycles. The molecule has 0 spiro atoms. The molecule has 1 aliphatic rings. The minimum atomic E-state index is -0.596. The van der Waals surface area contributed by atoms with Crippen molar-refractivity contribution in [3.8, 4) is 0 Å². The molecule has 102 valence electrons. The van der Waals surface area contributed by atoms with Gasteiger partial charge in [0.2, 0.25) is 0 Å². The van der Waals surface area contributed by atoms with Gasteiger partial charge in [-0.3, -0.25) is 0 Å². The van der Waals surface area contributed by atoms with Crippen LogP contribution in [0, 0.1) is 5.92 Å². The Hall–Kier alpha value is -1.62. The molecule has 1 saturated carbocycles. The van der Waals surface area contributed by atoms with Crippen molar-refractivity contribution in [1.82, 2.24) is 14.6 Å². The van der Waals surface area contributed by atoms with Gasteiger partial charge in [0, 0.05) is 18.9 Å². The van der Waals surface area contributed by atoms with Crippen molar-refractivity contribution in [2.24, 2.45) is 5.92 Å². The molecule has 0 saturated heterocycles. The molecule has 2 N–H and O–H groups in total. The van der Waals surface area contributed by atoms with Crippen molar-refractivity contribution >= 4 is 11.3 Å². The number of aromatic nitrogens is 3. The van der Waals surface area contributed by atoms with Crippen molar-refractivity contribution < 1.29 is 5.11 Å². The lowest BCUT2D eigenvalue weighted by Crippen LogP contribution is -2.40. The molecule has 0 amide bonds. The molecule has 2 aromatic rings. The van der Waals surface area contributed by atoms with E-state index in [1.807, 2.05) is 12.3 Å². The first-order valence-corrected chi connectivity index (χ1v) is 6.91. The Kier molecular flexibility index (Phi) is 3.14. The first kappa shape index (κ1) is 12.4. The van der Waals surface area contributed by atoms with Crippen LogP contribution < -0.4 is 5.32 Å². The van der Waals surface area contributed by atoms with Crippen LogP contribution >= 0.6 is 0 Å². The number of nitrogens with one attached hydrogen (secondary N) is 1.